The van der Waals surface area contributed by atoms with Crippen molar-refractivity contribution >= 4 is 15.9 Å². The van der Waals surface area contributed by atoms with Gasteiger partial charge in [0.1, 0.15) is 0 Å². The zero-order chi connectivity index (χ0) is 14.0. The molecule has 1 heteroatoms. The van der Waals surface area contributed by atoms with Crippen LogP contribution in [-0.2, 0) is 5.41 Å². The van der Waals surface area contributed by atoms with Crippen LogP contribution in [0, 0.1) is 5.41 Å². The van der Waals surface area contributed by atoms with Crippen LogP contribution >= 0.6 is 15.9 Å². The van der Waals surface area contributed by atoms with E-state index < -0.39 is 0 Å². The standard InChI is InChI=1S/C17H27Br/c1-7-17(5,6)14-10-8-13(9-11-14)15(18)12-16(2,3)4/h8-11,15H,7,12H2,1-6H3. The second-order valence-corrected chi connectivity index (χ2v) is 8.20. The molecule has 0 fully saturated rings. The highest BCUT2D eigenvalue weighted by molar-refractivity contribution is 9.09. The summed E-state index contributed by atoms with van der Waals surface area (Å²) in [4.78, 5) is 0.455. The topological polar surface area (TPSA) is 0 Å². The summed E-state index contributed by atoms with van der Waals surface area (Å²) < 4.78 is 0. The van der Waals surface area contributed by atoms with Crippen molar-refractivity contribution in [2.45, 2.75) is 64.6 Å². The Bertz CT molecular complexity index is 368. The molecule has 18 heavy (non-hydrogen) atoms. The summed E-state index contributed by atoms with van der Waals surface area (Å²) in [6, 6.07) is 9.13. The maximum atomic E-state index is 3.81. The van der Waals surface area contributed by atoms with Crippen molar-refractivity contribution in [1.82, 2.24) is 0 Å². The summed E-state index contributed by atoms with van der Waals surface area (Å²) >= 11 is 3.81. The molecular weight excluding hydrogens is 284 g/mol. The minimum atomic E-state index is 0.282. The molecule has 0 radical (unpaired) electrons. The Labute approximate surface area is 121 Å². The molecule has 0 nitrogen and oxygen atoms in total. The number of halogens is 1. The molecule has 0 saturated carbocycles. The van der Waals surface area contributed by atoms with E-state index in [2.05, 4.69) is 81.7 Å². The molecule has 0 bridgehead atoms. The van der Waals surface area contributed by atoms with Crippen LogP contribution in [0.2, 0.25) is 0 Å². The monoisotopic (exact) mass is 310 g/mol. The summed E-state index contributed by atoms with van der Waals surface area (Å²) in [7, 11) is 0. The van der Waals surface area contributed by atoms with E-state index in [4.69, 9.17) is 0 Å². The first-order valence-electron chi connectivity index (χ1n) is 6.90. The molecular formula is C17H27Br. The van der Waals surface area contributed by atoms with E-state index in [0.717, 1.165) is 6.42 Å². The highest BCUT2D eigenvalue weighted by Crippen LogP contribution is 2.36. The van der Waals surface area contributed by atoms with Crippen molar-refractivity contribution in [2.24, 2.45) is 5.41 Å². The Balaban J connectivity index is 2.83. The van der Waals surface area contributed by atoms with Crippen molar-refractivity contribution < 1.29 is 0 Å². The van der Waals surface area contributed by atoms with Gasteiger partial charge in [-0.05, 0) is 34.8 Å². The van der Waals surface area contributed by atoms with Gasteiger partial charge in [0.15, 0.2) is 0 Å². The number of hydrogen-bond donors (Lipinski definition) is 0. The van der Waals surface area contributed by atoms with Gasteiger partial charge in [-0.15, -0.1) is 0 Å². The van der Waals surface area contributed by atoms with Gasteiger partial charge in [-0.25, -0.2) is 0 Å². The third-order valence-corrected chi connectivity index (χ3v) is 4.58. The fraction of sp³-hybridized carbons (Fsp3) is 0.647. The van der Waals surface area contributed by atoms with Gasteiger partial charge in [0, 0.05) is 4.83 Å². The Morgan fingerprint density at radius 3 is 1.89 bits per heavy atom. The van der Waals surface area contributed by atoms with Crippen LogP contribution in [0.15, 0.2) is 24.3 Å². The normalized spacial score (nSPS) is 14.6. The minimum absolute atomic E-state index is 0.282. The second-order valence-electron chi connectivity index (χ2n) is 7.09. The summed E-state index contributed by atoms with van der Waals surface area (Å²) in [5, 5.41) is 0. The first-order valence-corrected chi connectivity index (χ1v) is 7.82. The number of alkyl halides is 1. The molecule has 0 aliphatic rings. The lowest BCUT2D eigenvalue weighted by atomic mass is 9.81. The lowest BCUT2D eigenvalue weighted by molar-refractivity contribution is 0.377. The third-order valence-electron chi connectivity index (χ3n) is 3.73. The second kappa shape index (κ2) is 5.77. The lowest BCUT2D eigenvalue weighted by Crippen LogP contribution is -2.15. The molecule has 102 valence electrons. The molecule has 0 heterocycles. The van der Waals surface area contributed by atoms with E-state index >= 15 is 0 Å². The largest absolute Gasteiger partial charge is 0.0839 e. The smallest absolute Gasteiger partial charge is 0.0400 e. The average Bonchev–Trinajstić information content (AvgIpc) is 2.27. The molecule has 0 aliphatic heterocycles. The Kier molecular flexibility index (Phi) is 5.05. The third kappa shape index (κ3) is 4.42. The van der Waals surface area contributed by atoms with E-state index in [1.54, 1.807) is 0 Å². The molecule has 0 aromatic heterocycles. The van der Waals surface area contributed by atoms with Gasteiger partial charge in [0.05, 0.1) is 0 Å². The minimum Gasteiger partial charge on any atom is -0.0839 e. The van der Waals surface area contributed by atoms with Crippen LogP contribution < -0.4 is 0 Å². The van der Waals surface area contributed by atoms with Gasteiger partial charge in [0.25, 0.3) is 0 Å². The Hall–Kier alpha value is -0.300. The van der Waals surface area contributed by atoms with Crippen molar-refractivity contribution in [3.63, 3.8) is 0 Å². The SMILES string of the molecule is CCC(C)(C)c1ccc(C(Br)CC(C)(C)C)cc1. The molecule has 0 aliphatic carbocycles. The zero-order valence-electron chi connectivity index (χ0n) is 12.7. The van der Waals surface area contributed by atoms with Gasteiger partial charge in [0.2, 0.25) is 0 Å². The summed E-state index contributed by atoms with van der Waals surface area (Å²) in [6.45, 7) is 13.7. The first kappa shape index (κ1) is 15.8. The molecule has 1 unspecified atom stereocenters. The van der Waals surface area contributed by atoms with E-state index in [0.29, 0.717) is 10.2 Å². The van der Waals surface area contributed by atoms with Crippen LogP contribution in [0.4, 0.5) is 0 Å². The molecule has 0 N–H and O–H groups in total. The quantitative estimate of drug-likeness (QED) is 0.577. The Morgan fingerprint density at radius 1 is 1.00 bits per heavy atom. The number of rotatable bonds is 4. The molecule has 1 rings (SSSR count). The van der Waals surface area contributed by atoms with E-state index in [1.807, 2.05) is 0 Å². The lowest BCUT2D eigenvalue weighted by Gasteiger charge is -2.25. The van der Waals surface area contributed by atoms with Gasteiger partial charge < -0.3 is 0 Å². The molecule has 1 aromatic rings. The molecule has 0 spiro atoms. The maximum absolute atomic E-state index is 3.81. The van der Waals surface area contributed by atoms with Crippen LogP contribution in [0.5, 0.6) is 0 Å². The van der Waals surface area contributed by atoms with Crippen molar-refractivity contribution in [3.8, 4) is 0 Å². The highest BCUT2D eigenvalue weighted by atomic mass is 79.9. The molecule has 1 aromatic carbocycles. The summed E-state index contributed by atoms with van der Waals surface area (Å²) in [6.07, 6.45) is 2.33. The van der Waals surface area contributed by atoms with Crippen molar-refractivity contribution in [3.05, 3.63) is 35.4 Å². The van der Waals surface area contributed by atoms with E-state index in [1.165, 1.54) is 17.5 Å². The molecule has 0 amide bonds. The van der Waals surface area contributed by atoms with Gasteiger partial charge in [-0.1, -0.05) is 81.7 Å². The number of benzene rings is 1. The van der Waals surface area contributed by atoms with Crippen LogP contribution in [0.25, 0.3) is 0 Å². The van der Waals surface area contributed by atoms with E-state index in [-0.39, 0.29) is 5.41 Å². The number of hydrogen-bond acceptors (Lipinski definition) is 0. The van der Waals surface area contributed by atoms with Crippen LogP contribution in [-0.4, -0.2) is 0 Å². The first-order chi connectivity index (χ1) is 8.15. The molecule has 0 saturated heterocycles. The predicted octanol–water partition coefficient (Wildman–Crippen LogP) is 6.25. The summed E-state index contributed by atoms with van der Waals surface area (Å²) in [5.41, 5.74) is 3.46. The van der Waals surface area contributed by atoms with E-state index in [9.17, 15) is 0 Å². The van der Waals surface area contributed by atoms with Crippen LogP contribution in [0.3, 0.4) is 0 Å². The predicted molar refractivity (Wildman–Crippen MR) is 85.5 cm³/mol. The Morgan fingerprint density at radius 2 is 1.50 bits per heavy atom. The zero-order valence-corrected chi connectivity index (χ0v) is 14.3. The van der Waals surface area contributed by atoms with Crippen LogP contribution in [0.1, 0.15) is 70.3 Å². The maximum Gasteiger partial charge on any atom is 0.0400 e. The van der Waals surface area contributed by atoms with Gasteiger partial charge in [-0.3, -0.25) is 0 Å². The van der Waals surface area contributed by atoms with Gasteiger partial charge in [-0.2, -0.15) is 0 Å². The highest BCUT2D eigenvalue weighted by Gasteiger charge is 2.20. The van der Waals surface area contributed by atoms with Crippen molar-refractivity contribution in [2.75, 3.05) is 0 Å². The fourth-order valence-electron chi connectivity index (χ4n) is 2.00. The van der Waals surface area contributed by atoms with Gasteiger partial charge >= 0.3 is 0 Å². The van der Waals surface area contributed by atoms with Crippen molar-refractivity contribution in [1.29, 1.82) is 0 Å². The fourth-order valence-corrected chi connectivity index (χ4v) is 3.28. The molecule has 1 atom stereocenters. The average molecular weight is 311 g/mol. The summed E-state index contributed by atoms with van der Waals surface area (Å²) in [5.74, 6) is 0.